The molecule has 15 nitrogen and oxygen atoms in total. The Balaban J connectivity index is 1.61. The summed E-state index contributed by atoms with van der Waals surface area (Å²) in [6, 6.07) is 7.61. The van der Waals surface area contributed by atoms with E-state index in [-0.39, 0.29) is 31.4 Å². The summed E-state index contributed by atoms with van der Waals surface area (Å²) in [4.78, 5) is 24.6. The molecule has 8 unspecified atom stereocenters. The monoisotopic (exact) mass is 900 g/mol. The minimum absolute atomic E-state index is 0.00227. The number of hydrogen-bond donors (Lipinski definition) is 5. The predicted octanol–water partition coefficient (Wildman–Crippen LogP) is 4.77. The molecule has 3 fully saturated rings. The first-order chi connectivity index (χ1) is 28.4. The maximum Gasteiger partial charge on any atom is 0.311 e. The number of oxime groups is 1. The number of likely N-dealkylation sites (N-methyl/N-ethyl adjacent to an activating group) is 1. The van der Waals surface area contributed by atoms with Gasteiger partial charge in [-0.3, -0.25) is 4.79 Å². The van der Waals surface area contributed by atoms with E-state index in [4.69, 9.17) is 33.3 Å². The van der Waals surface area contributed by atoms with Gasteiger partial charge in [0.1, 0.15) is 23.9 Å². The van der Waals surface area contributed by atoms with Crippen LogP contribution in [0, 0.1) is 23.7 Å². The average molecular weight is 901 g/mol. The van der Waals surface area contributed by atoms with Gasteiger partial charge < -0.3 is 63.7 Å². The number of benzene rings is 1. The van der Waals surface area contributed by atoms with Crippen molar-refractivity contribution in [2.75, 3.05) is 21.2 Å². The standard InChI is InChI=1S/C44H72N2O13S2/c1-14-31-44(10,52)36(48)24(4)33(45-59-41-60-29-17-15-16-18-30(29)61-41)22(2)20-42(8,51)38(58-40-34(47)28(46(11)12)19-23(3)54-40)25(5)35(26(6)39(50)56-31)57-32-21-43(9,53-13)37(49)27(7)55-32/h15-18,22-28,31-32,34-38,40-41,47-49,51-52H,14,19-21H2,1-13H3/b45-33+/t22-,23?,24+,25+,26-,27?,28?,31-,32?,34?,35+,36-,37?,38-,40?,42-,43?,44-/m1/s1. The molecule has 4 aliphatic rings. The Morgan fingerprint density at radius 2 is 1.52 bits per heavy atom. The molecule has 3 saturated heterocycles. The molecule has 0 aliphatic carbocycles. The Bertz CT molecular complexity index is 1630. The van der Waals surface area contributed by atoms with Gasteiger partial charge in [-0.15, -0.1) is 0 Å². The van der Waals surface area contributed by atoms with Crippen LogP contribution in [0.15, 0.2) is 39.2 Å². The van der Waals surface area contributed by atoms with Gasteiger partial charge in [0, 0.05) is 47.1 Å². The molecule has 4 heterocycles. The van der Waals surface area contributed by atoms with E-state index in [9.17, 15) is 30.3 Å². The number of rotatable bonds is 9. The molecule has 4 aliphatic heterocycles. The van der Waals surface area contributed by atoms with Crippen molar-refractivity contribution >= 4 is 35.2 Å². The topological polar surface area (TPSA) is 198 Å². The summed E-state index contributed by atoms with van der Waals surface area (Å²) in [6.07, 6.45) is -9.35. The average Bonchev–Trinajstić information content (AvgIpc) is 3.62. The van der Waals surface area contributed by atoms with Gasteiger partial charge in [-0.1, -0.05) is 68.5 Å². The fraction of sp³-hybridized carbons (Fsp3) is 0.818. The van der Waals surface area contributed by atoms with Crippen molar-refractivity contribution in [2.24, 2.45) is 28.8 Å². The van der Waals surface area contributed by atoms with Crippen LogP contribution in [0.25, 0.3) is 0 Å². The van der Waals surface area contributed by atoms with Gasteiger partial charge in [0.05, 0.1) is 53.4 Å². The lowest BCUT2D eigenvalue weighted by Crippen LogP contribution is -2.61. The molecule has 0 spiro atoms. The molecule has 5 rings (SSSR count). The Morgan fingerprint density at radius 3 is 2.10 bits per heavy atom. The van der Waals surface area contributed by atoms with Gasteiger partial charge in [-0.25, -0.2) is 0 Å². The van der Waals surface area contributed by atoms with Crippen LogP contribution in [0.2, 0.25) is 0 Å². The van der Waals surface area contributed by atoms with E-state index in [0.29, 0.717) is 12.1 Å². The second-order valence-electron chi connectivity index (χ2n) is 18.7. The third-order valence-corrected chi connectivity index (χ3v) is 15.9. The van der Waals surface area contributed by atoms with Crippen LogP contribution in [0.5, 0.6) is 0 Å². The molecule has 1 aromatic carbocycles. The second-order valence-corrected chi connectivity index (χ2v) is 21.2. The van der Waals surface area contributed by atoms with Crippen molar-refractivity contribution in [1.29, 1.82) is 0 Å². The van der Waals surface area contributed by atoms with Gasteiger partial charge in [0.2, 0.25) is 4.77 Å². The molecule has 18 atom stereocenters. The smallest absolute Gasteiger partial charge is 0.311 e. The number of ether oxygens (including phenoxy) is 6. The number of methoxy groups -OCH3 is 1. The Morgan fingerprint density at radius 1 is 0.902 bits per heavy atom. The molecule has 61 heavy (non-hydrogen) atoms. The van der Waals surface area contributed by atoms with Gasteiger partial charge in [-0.05, 0) is 87.0 Å². The van der Waals surface area contributed by atoms with E-state index >= 15 is 0 Å². The van der Waals surface area contributed by atoms with Crippen molar-refractivity contribution in [3.8, 4) is 0 Å². The SMILES string of the molecule is CC[C@H]1OC(=O)[C@H](C)[C@@H](OC2CC(C)(OC)C(O)C(C)O2)[C@H](C)[C@@H](OC2OC(C)CC(N(C)C)C2O)[C@](C)(O)C[C@@H](C)/C(=N\OC2Sc3ccccc3S2)[C@H](C)[C@@H](O)[C@]1(C)O. The van der Waals surface area contributed by atoms with E-state index in [0.717, 1.165) is 9.79 Å². The third-order valence-electron chi connectivity index (χ3n) is 13.4. The lowest BCUT2D eigenvalue weighted by atomic mass is 9.73. The van der Waals surface area contributed by atoms with E-state index in [1.165, 1.54) is 37.6 Å². The number of aliphatic hydroxyl groups excluding tert-OH is 3. The zero-order chi connectivity index (χ0) is 45.4. The highest BCUT2D eigenvalue weighted by Gasteiger charge is 2.53. The van der Waals surface area contributed by atoms with Crippen LogP contribution in [-0.2, 0) is 38.1 Å². The van der Waals surface area contributed by atoms with E-state index in [1.54, 1.807) is 48.5 Å². The quantitative estimate of drug-likeness (QED) is 0.168. The molecule has 0 amide bonds. The Hall–Kier alpha value is -1.58. The Labute approximate surface area is 370 Å². The highest BCUT2D eigenvalue weighted by molar-refractivity contribution is 8.19. The van der Waals surface area contributed by atoms with Crippen LogP contribution < -0.4 is 0 Å². The first kappa shape index (κ1) is 50.4. The van der Waals surface area contributed by atoms with Crippen LogP contribution in [0.3, 0.4) is 0 Å². The summed E-state index contributed by atoms with van der Waals surface area (Å²) in [5.74, 6) is -4.05. The van der Waals surface area contributed by atoms with Gasteiger partial charge in [0.25, 0.3) is 0 Å². The zero-order valence-corrected chi connectivity index (χ0v) is 39.7. The molecular weight excluding hydrogens is 829 g/mol. The summed E-state index contributed by atoms with van der Waals surface area (Å²) in [6.45, 7) is 17.2. The first-order valence-electron chi connectivity index (χ1n) is 21.6. The number of carbonyl (C=O) groups is 1. The minimum Gasteiger partial charge on any atom is -0.459 e. The number of cyclic esters (lactones) is 1. The lowest BCUT2D eigenvalue weighted by Gasteiger charge is -2.49. The van der Waals surface area contributed by atoms with Crippen LogP contribution >= 0.6 is 23.5 Å². The third kappa shape index (κ3) is 11.1. The molecule has 0 aromatic heterocycles. The molecule has 0 bridgehead atoms. The van der Waals surface area contributed by atoms with Crippen molar-refractivity contribution in [2.45, 2.75) is 194 Å². The largest absolute Gasteiger partial charge is 0.459 e. The molecule has 1 aromatic rings. The van der Waals surface area contributed by atoms with Gasteiger partial charge >= 0.3 is 5.97 Å². The van der Waals surface area contributed by atoms with Crippen molar-refractivity contribution in [3.63, 3.8) is 0 Å². The summed E-state index contributed by atoms with van der Waals surface area (Å²) >= 11 is 3.01. The fourth-order valence-electron chi connectivity index (χ4n) is 9.62. The highest BCUT2D eigenvalue weighted by atomic mass is 32.2. The summed E-state index contributed by atoms with van der Waals surface area (Å²) < 4.78 is 37.5. The number of nitrogens with zero attached hydrogens (tertiary/aromatic N) is 2. The predicted molar refractivity (Wildman–Crippen MR) is 232 cm³/mol. The van der Waals surface area contributed by atoms with Crippen LogP contribution in [0.1, 0.15) is 94.9 Å². The number of esters is 1. The van der Waals surface area contributed by atoms with Crippen molar-refractivity contribution < 1.29 is 63.6 Å². The molecule has 17 heteroatoms. The number of thioether (sulfide) groups is 2. The normalized spacial score (nSPS) is 45.3. The first-order valence-corrected chi connectivity index (χ1v) is 23.4. The number of aliphatic hydroxyl groups is 5. The molecular formula is C44H72N2O13S2. The van der Waals surface area contributed by atoms with Crippen LogP contribution in [-0.4, -0.2) is 152 Å². The molecule has 0 saturated carbocycles. The zero-order valence-electron chi connectivity index (χ0n) is 38.1. The fourth-order valence-corrected chi connectivity index (χ4v) is 12.0. The van der Waals surface area contributed by atoms with E-state index in [2.05, 4.69) is 5.16 Å². The molecule has 0 radical (unpaired) electrons. The van der Waals surface area contributed by atoms with Gasteiger partial charge in [-0.2, -0.15) is 0 Å². The van der Waals surface area contributed by atoms with E-state index in [1.807, 2.05) is 57.1 Å². The van der Waals surface area contributed by atoms with E-state index < -0.39 is 107 Å². The highest BCUT2D eigenvalue weighted by Crippen LogP contribution is 2.48. The Kier molecular flexibility index (Phi) is 16.8. The lowest BCUT2D eigenvalue weighted by molar-refractivity contribution is -0.317. The van der Waals surface area contributed by atoms with Crippen molar-refractivity contribution in [1.82, 2.24) is 4.90 Å². The summed E-state index contributed by atoms with van der Waals surface area (Å²) in [5, 5.41) is 64.5. The number of carbonyl (C=O) groups excluding carboxylic acids is 1. The summed E-state index contributed by atoms with van der Waals surface area (Å²) in [5.41, 5.74) is -4.39. The van der Waals surface area contributed by atoms with Crippen molar-refractivity contribution in [3.05, 3.63) is 24.3 Å². The summed E-state index contributed by atoms with van der Waals surface area (Å²) in [7, 11) is 5.25. The maximum atomic E-state index is 14.4. The maximum absolute atomic E-state index is 14.4. The number of fused-ring (bicyclic) bond motifs is 1. The van der Waals surface area contributed by atoms with Gasteiger partial charge in [0.15, 0.2) is 12.6 Å². The second kappa shape index (κ2) is 20.3. The van der Waals surface area contributed by atoms with Crippen LogP contribution in [0.4, 0.5) is 0 Å². The molecule has 5 N–H and O–H groups in total. The number of hydrogen-bond acceptors (Lipinski definition) is 17. The molecule has 348 valence electrons. The minimum atomic E-state index is -1.95.